The first-order chi connectivity index (χ1) is 12.2. The van der Waals surface area contributed by atoms with Crippen LogP contribution in [0.5, 0.6) is 0 Å². The molecule has 0 fully saturated rings. The highest BCUT2D eigenvalue weighted by atomic mass is 32.2. The molecule has 8 heteroatoms. The molecule has 1 atom stereocenters. The summed E-state index contributed by atoms with van der Waals surface area (Å²) in [7, 11) is -7.42. The number of nitrogens with one attached hydrogen (secondary N) is 1. The van der Waals surface area contributed by atoms with Gasteiger partial charge in [-0.15, -0.1) is 6.42 Å². The molecular weight excluding hydrogens is 372 g/mol. The molecule has 1 unspecified atom stereocenters. The molecule has 1 aromatic heterocycles. The first-order valence-corrected chi connectivity index (χ1v) is 11.0. The fraction of sp³-hybridized carbons (Fsp3) is 0.111. The van der Waals surface area contributed by atoms with Gasteiger partial charge in [0.1, 0.15) is 0 Å². The van der Waals surface area contributed by atoms with Gasteiger partial charge in [-0.2, -0.15) is 0 Å². The number of sulfone groups is 1. The summed E-state index contributed by atoms with van der Waals surface area (Å²) in [5.41, 5.74) is 0.653. The number of terminal acetylenes is 1. The number of fused-ring (bicyclic) bond motifs is 1. The van der Waals surface area contributed by atoms with Crippen molar-refractivity contribution >= 4 is 36.5 Å². The summed E-state index contributed by atoms with van der Waals surface area (Å²) in [4.78, 5) is 0.103. The topological polar surface area (TPSA) is 85.2 Å². The molecule has 0 radical (unpaired) electrons. The van der Waals surface area contributed by atoms with Crippen LogP contribution in [0.15, 0.2) is 65.7 Å². The second-order valence-corrected chi connectivity index (χ2v) is 9.52. The normalized spacial score (nSPS) is 13.2. The number of hydrogen-bond donors (Lipinski definition) is 1. The van der Waals surface area contributed by atoms with Crippen LogP contribution < -0.4 is 4.72 Å². The van der Waals surface area contributed by atoms with Crippen LogP contribution in [0.4, 0.5) is 5.69 Å². The molecule has 26 heavy (non-hydrogen) atoms. The molecule has 3 rings (SSSR count). The van der Waals surface area contributed by atoms with Crippen LogP contribution in [0.2, 0.25) is 0 Å². The smallest absolute Gasteiger partial charge is 0.261 e. The predicted octanol–water partition coefficient (Wildman–Crippen LogP) is 2.62. The second kappa shape index (κ2) is 6.52. The molecule has 0 aliphatic rings. The molecule has 6 nitrogen and oxygen atoms in total. The van der Waals surface area contributed by atoms with E-state index in [2.05, 4.69) is 10.6 Å². The van der Waals surface area contributed by atoms with Crippen molar-refractivity contribution in [2.75, 3.05) is 11.0 Å². The molecule has 0 amide bonds. The number of para-hydroxylation sites is 1. The van der Waals surface area contributed by atoms with Gasteiger partial charge < -0.3 is 4.57 Å². The number of sulfonamides is 1. The minimum atomic E-state index is -3.83. The lowest BCUT2D eigenvalue weighted by Gasteiger charge is -2.16. The number of nitrogens with zero attached hydrogens (tertiary/aromatic N) is 1. The van der Waals surface area contributed by atoms with Crippen LogP contribution >= 0.6 is 0 Å². The molecule has 0 saturated heterocycles. The van der Waals surface area contributed by atoms with Crippen LogP contribution in [-0.2, 0) is 19.9 Å². The number of hydrogen-bond acceptors (Lipinski definition) is 4. The number of benzene rings is 2. The summed E-state index contributed by atoms with van der Waals surface area (Å²) in [5, 5.41) is -0.565. The minimum absolute atomic E-state index is 0.103. The summed E-state index contributed by atoms with van der Waals surface area (Å²) < 4.78 is 53.2. The van der Waals surface area contributed by atoms with Gasteiger partial charge in [0.05, 0.1) is 16.1 Å². The van der Waals surface area contributed by atoms with E-state index in [0.717, 1.165) is 6.26 Å². The molecule has 0 aliphatic carbocycles. The summed E-state index contributed by atoms with van der Waals surface area (Å²) in [6.45, 7) is 0. The highest BCUT2D eigenvalue weighted by Gasteiger charge is 2.24. The molecule has 0 bridgehead atoms. The SMILES string of the molecule is C#CC(n1ccc2cccc(NS(=O)(=O)c3ccccc3)c21)S(C)(=O)=O. The molecule has 0 aliphatic heterocycles. The highest BCUT2D eigenvalue weighted by molar-refractivity contribution is 7.92. The lowest BCUT2D eigenvalue weighted by atomic mass is 10.2. The Morgan fingerprint density at radius 2 is 1.69 bits per heavy atom. The van der Waals surface area contributed by atoms with E-state index >= 15 is 0 Å². The van der Waals surface area contributed by atoms with Gasteiger partial charge in [0.25, 0.3) is 10.0 Å². The van der Waals surface area contributed by atoms with Crippen molar-refractivity contribution in [2.45, 2.75) is 10.3 Å². The highest BCUT2D eigenvalue weighted by Crippen LogP contribution is 2.30. The number of aromatic nitrogens is 1. The van der Waals surface area contributed by atoms with E-state index < -0.39 is 25.2 Å². The van der Waals surface area contributed by atoms with Crippen molar-refractivity contribution in [1.82, 2.24) is 4.57 Å². The summed E-state index contributed by atoms with van der Waals surface area (Å²) >= 11 is 0. The van der Waals surface area contributed by atoms with Crippen LogP contribution in [0.3, 0.4) is 0 Å². The second-order valence-electron chi connectivity index (χ2n) is 5.73. The van der Waals surface area contributed by atoms with E-state index in [1.165, 1.54) is 22.9 Å². The average molecular weight is 388 g/mol. The quantitative estimate of drug-likeness (QED) is 0.681. The van der Waals surface area contributed by atoms with Crippen molar-refractivity contribution in [3.05, 3.63) is 60.8 Å². The fourth-order valence-electron chi connectivity index (χ4n) is 2.71. The maximum Gasteiger partial charge on any atom is 0.261 e. The van der Waals surface area contributed by atoms with Crippen molar-refractivity contribution in [1.29, 1.82) is 0 Å². The predicted molar refractivity (Wildman–Crippen MR) is 102 cm³/mol. The molecule has 134 valence electrons. The molecule has 0 spiro atoms. The zero-order chi connectivity index (χ0) is 18.9. The Bertz CT molecular complexity index is 1210. The van der Waals surface area contributed by atoms with Gasteiger partial charge in [-0.1, -0.05) is 36.3 Å². The standard InChI is InChI=1S/C18H16N2O4S2/c1-3-17(25(2,21)22)20-13-12-14-8-7-11-16(18(14)20)19-26(23,24)15-9-5-4-6-10-15/h1,4-13,17,19H,2H3. The Kier molecular flexibility index (Phi) is 4.52. The summed E-state index contributed by atoms with van der Waals surface area (Å²) in [6.07, 6.45) is 8.00. The Morgan fingerprint density at radius 1 is 1.00 bits per heavy atom. The number of anilines is 1. The van der Waals surface area contributed by atoms with E-state index in [1.807, 2.05) is 0 Å². The van der Waals surface area contributed by atoms with E-state index in [1.54, 1.807) is 42.5 Å². The first-order valence-electron chi connectivity index (χ1n) is 7.56. The lowest BCUT2D eigenvalue weighted by Crippen LogP contribution is -2.18. The Balaban J connectivity index is 2.17. The maximum absolute atomic E-state index is 12.6. The third-order valence-corrected chi connectivity index (χ3v) is 6.39. The maximum atomic E-state index is 12.6. The van der Waals surface area contributed by atoms with Gasteiger partial charge in [-0.05, 0) is 24.3 Å². The van der Waals surface area contributed by atoms with Gasteiger partial charge in [-0.3, -0.25) is 4.72 Å². The lowest BCUT2D eigenvalue weighted by molar-refractivity contribution is 0.583. The fourth-order valence-corrected chi connectivity index (χ4v) is 4.63. The van der Waals surface area contributed by atoms with Crippen LogP contribution in [-0.4, -0.2) is 27.7 Å². The Hall–Kier alpha value is -2.76. The monoisotopic (exact) mass is 388 g/mol. The number of rotatable bonds is 5. The molecule has 3 aromatic rings. The first kappa shape index (κ1) is 18.0. The summed E-state index contributed by atoms with van der Waals surface area (Å²) in [5.74, 6) is 2.26. The zero-order valence-corrected chi connectivity index (χ0v) is 15.5. The van der Waals surface area contributed by atoms with Crippen LogP contribution in [0.25, 0.3) is 10.9 Å². The molecule has 1 heterocycles. The van der Waals surface area contributed by atoms with Crippen LogP contribution in [0.1, 0.15) is 5.37 Å². The molecular formula is C18H16N2O4S2. The molecule has 0 saturated carbocycles. The van der Waals surface area contributed by atoms with Crippen molar-refractivity contribution in [3.63, 3.8) is 0 Å². The third-order valence-electron chi connectivity index (χ3n) is 3.84. The van der Waals surface area contributed by atoms with Gasteiger partial charge >= 0.3 is 0 Å². The van der Waals surface area contributed by atoms with Gasteiger partial charge in [-0.25, -0.2) is 16.8 Å². The van der Waals surface area contributed by atoms with Gasteiger partial charge in [0.2, 0.25) is 0 Å². The summed E-state index contributed by atoms with van der Waals surface area (Å²) in [6, 6.07) is 14.6. The Morgan fingerprint density at radius 3 is 2.31 bits per heavy atom. The van der Waals surface area contributed by atoms with Crippen LogP contribution in [0, 0.1) is 12.3 Å². The van der Waals surface area contributed by atoms with E-state index in [-0.39, 0.29) is 10.6 Å². The average Bonchev–Trinajstić information content (AvgIpc) is 3.00. The molecule has 1 N–H and O–H groups in total. The van der Waals surface area contributed by atoms with Crippen molar-refractivity contribution in [3.8, 4) is 12.3 Å². The van der Waals surface area contributed by atoms with E-state index in [0.29, 0.717) is 10.9 Å². The van der Waals surface area contributed by atoms with Crippen molar-refractivity contribution < 1.29 is 16.8 Å². The van der Waals surface area contributed by atoms with E-state index in [4.69, 9.17) is 6.42 Å². The van der Waals surface area contributed by atoms with Gasteiger partial charge in [0.15, 0.2) is 15.2 Å². The van der Waals surface area contributed by atoms with E-state index in [9.17, 15) is 16.8 Å². The minimum Gasteiger partial charge on any atom is -0.318 e. The Labute approximate surface area is 152 Å². The largest absolute Gasteiger partial charge is 0.318 e. The third kappa shape index (κ3) is 3.31. The van der Waals surface area contributed by atoms with Gasteiger partial charge in [0, 0.05) is 17.8 Å². The molecule has 2 aromatic carbocycles. The zero-order valence-electron chi connectivity index (χ0n) is 13.8. The van der Waals surface area contributed by atoms with Crippen molar-refractivity contribution in [2.24, 2.45) is 0 Å².